The molecule has 2 N–H and O–H groups in total. The van der Waals surface area contributed by atoms with E-state index in [2.05, 4.69) is 15.0 Å². The summed E-state index contributed by atoms with van der Waals surface area (Å²) in [6.45, 7) is 2.44. The molecule has 2 heterocycles. The van der Waals surface area contributed by atoms with Crippen molar-refractivity contribution in [2.45, 2.75) is 17.7 Å². The average Bonchev–Trinajstić information content (AvgIpc) is 3.08. The second kappa shape index (κ2) is 7.76. The first-order valence-electron chi connectivity index (χ1n) is 7.89. The van der Waals surface area contributed by atoms with Gasteiger partial charge in [0.05, 0.1) is 19.0 Å². The third-order valence-corrected chi connectivity index (χ3v) is 6.51. The molecular formula is C18H19N3O3S2. The van der Waals surface area contributed by atoms with E-state index in [0.717, 1.165) is 21.9 Å². The number of aromatic nitrogens is 1. The summed E-state index contributed by atoms with van der Waals surface area (Å²) in [5.74, 6) is 1.09. The maximum atomic E-state index is 12.3. The molecule has 0 amide bonds. The van der Waals surface area contributed by atoms with Crippen LogP contribution in [-0.2, 0) is 16.6 Å². The number of para-hydroxylation sites is 1. The monoisotopic (exact) mass is 389 g/mol. The Morgan fingerprint density at radius 1 is 1.12 bits per heavy atom. The molecule has 0 saturated heterocycles. The Morgan fingerprint density at radius 2 is 1.92 bits per heavy atom. The summed E-state index contributed by atoms with van der Waals surface area (Å²) >= 11 is 1.22. The van der Waals surface area contributed by atoms with E-state index in [1.54, 1.807) is 37.6 Å². The minimum atomic E-state index is -3.60. The van der Waals surface area contributed by atoms with Crippen molar-refractivity contribution in [2.24, 2.45) is 0 Å². The molecule has 0 bridgehead atoms. The summed E-state index contributed by atoms with van der Waals surface area (Å²) in [5.41, 5.74) is 1.80. The average molecular weight is 390 g/mol. The van der Waals surface area contributed by atoms with Gasteiger partial charge in [0, 0.05) is 17.0 Å². The van der Waals surface area contributed by atoms with Gasteiger partial charge in [-0.3, -0.25) is 4.72 Å². The molecule has 0 aliphatic rings. The number of methoxy groups -OCH3 is 1. The zero-order chi connectivity index (χ0) is 18.6. The van der Waals surface area contributed by atoms with Gasteiger partial charge >= 0.3 is 0 Å². The van der Waals surface area contributed by atoms with Crippen LogP contribution < -0.4 is 14.8 Å². The van der Waals surface area contributed by atoms with Crippen LogP contribution in [0.4, 0.5) is 11.5 Å². The molecular weight excluding hydrogens is 370 g/mol. The minimum absolute atomic E-state index is 0.273. The van der Waals surface area contributed by atoms with Crippen molar-refractivity contribution in [1.29, 1.82) is 0 Å². The number of hydrogen-bond acceptors (Lipinski definition) is 6. The fourth-order valence-electron chi connectivity index (χ4n) is 2.35. The van der Waals surface area contributed by atoms with Gasteiger partial charge in [0.2, 0.25) is 0 Å². The lowest BCUT2D eigenvalue weighted by molar-refractivity contribution is 0.410. The molecule has 0 aliphatic carbocycles. The first kappa shape index (κ1) is 18.2. The highest BCUT2D eigenvalue weighted by molar-refractivity contribution is 7.94. The van der Waals surface area contributed by atoms with Gasteiger partial charge in [-0.15, -0.1) is 11.3 Å². The van der Waals surface area contributed by atoms with Crippen LogP contribution in [0.2, 0.25) is 0 Å². The number of pyridine rings is 1. The molecule has 0 aliphatic heterocycles. The lowest BCUT2D eigenvalue weighted by atomic mass is 10.2. The summed E-state index contributed by atoms with van der Waals surface area (Å²) in [7, 11) is -1.97. The van der Waals surface area contributed by atoms with Crippen molar-refractivity contribution >= 4 is 32.9 Å². The molecule has 3 rings (SSSR count). The quantitative estimate of drug-likeness (QED) is 0.641. The Balaban J connectivity index is 1.65. The lowest BCUT2D eigenvalue weighted by Crippen LogP contribution is -2.12. The number of hydrogen-bond donors (Lipinski definition) is 2. The number of anilines is 2. The van der Waals surface area contributed by atoms with Crippen LogP contribution in [0.5, 0.6) is 5.75 Å². The molecule has 0 saturated carbocycles. The molecule has 0 spiro atoms. The minimum Gasteiger partial charge on any atom is -0.496 e. The van der Waals surface area contributed by atoms with Crippen molar-refractivity contribution in [2.75, 3.05) is 17.1 Å². The first-order valence-corrected chi connectivity index (χ1v) is 10.2. The van der Waals surface area contributed by atoms with Gasteiger partial charge in [-0.1, -0.05) is 18.2 Å². The highest BCUT2D eigenvalue weighted by Gasteiger charge is 2.16. The molecule has 2 aromatic heterocycles. The first-order chi connectivity index (χ1) is 12.5. The molecule has 0 fully saturated rings. The highest BCUT2D eigenvalue weighted by Crippen LogP contribution is 2.23. The third-order valence-electron chi connectivity index (χ3n) is 3.66. The molecule has 1 aromatic carbocycles. The Hall–Kier alpha value is -2.58. The number of thiophene rings is 1. The molecule has 136 valence electrons. The zero-order valence-electron chi connectivity index (χ0n) is 14.4. The van der Waals surface area contributed by atoms with Crippen LogP contribution in [0.25, 0.3) is 0 Å². The smallest absolute Gasteiger partial charge is 0.272 e. The maximum absolute atomic E-state index is 12.3. The number of aryl methyl sites for hydroxylation is 1. The standard InChI is InChI=1S/C18H19N3O3S2/c1-13-7-10-18(25-13)26(22,23)21-17-9-8-15(12-20-17)19-11-14-5-3-4-6-16(14)24-2/h3-10,12,19H,11H2,1-2H3,(H,20,21). The summed E-state index contributed by atoms with van der Waals surface area (Å²) in [6.07, 6.45) is 1.59. The summed E-state index contributed by atoms with van der Waals surface area (Å²) < 4.78 is 32.7. The van der Waals surface area contributed by atoms with E-state index in [0.29, 0.717) is 6.54 Å². The van der Waals surface area contributed by atoms with E-state index in [-0.39, 0.29) is 10.0 Å². The molecule has 6 nitrogen and oxygen atoms in total. The van der Waals surface area contributed by atoms with Crippen LogP contribution in [0.3, 0.4) is 0 Å². The van der Waals surface area contributed by atoms with E-state index in [1.165, 1.54) is 11.3 Å². The maximum Gasteiger partial charge on any atom is 0.272 e. The fraction of sp³-hybridized carbons (Fsp3) is 0.167. The predicted octanol–water partition coefficient (Wildman–Crippen LogP) is 3.87. The number of nitrogens with one attached hydrogen (secondary N) is 2. The van der Waals surface area contributed by atoms with Gasteiger partial charge in [-0.25, -0.2) is 13.4 Å². The van der Waals surface area contributed by atoms with Crippen LogP contribution in [0.1, 0.15) is 10.4 Å². The van der Waals surface area contributed by atoms with Crippen LogP contribution >= 0.6 is 11.3 Å². The molecule has 0 atom stereocenters. The summed E-state index contributed by atoms with van der Waals surface area (Å²) in [4.78, 5) is 5.11. The number of sulfonamides is 1. The number of rotatable bonds is 7. The van der Waals surface area contributed by atoms with Gasteiger partial charge in [-0.2, -0.15) is 0 Å². The van der Waals surface area contributed by atoms with E-state index >= 15 is 0 Å². The third kappa shape index (κ3) is 4.33. The van der Waals surface area contributed by atoms with Gasteiger partial charge in [0.1, 0.15) is 15.8 Å². The van der Waals surface area contributed by atoms with Crippen molar-refractivity contribution in [3.05, 3.63) is 65.2 Å². The Morgan fingerprint density at radius 3 is 2.58 bits per heavy atom. The van der Waals surface area contributed by atoms with E-state index in [1.807, 2.05) is 31.2 Å². The number of ether oxygens (including phenoxy) is 1. The van der Waals surface area contributed by atoms with E-state index in [9.17, 15) is 8.42 Å². The zero-order valence-corrected chi connectivity index (χ0v) is 16.0. The van der Waals surface area contributed by atoms with E-state index < -0.39 is 10.0 Å². The Labute approximate surface area is 156 Å². The van der Waals surface area contributed by atoms with Gasteiger partial charge in [0.15, 0.2) is 0 Å². The Bertz CT molecular complexity index is 983. The normalized spacial score (nSPS) is 11.2. The van der Waals surface area contributed by atoms with Crippen molar-refractivity contribution in [3.63, 3.8) is 0 Å². The second-order valence-electron chi connectivity index (χ2n) is 5.57. The second-order valence-corrected chi connectivity index (χ2v) is 8.77. The number of nitrogens with zero attached hydrogens (tertiary/aromatic N) is 1. The molecule has 0 radical (unpaired) electrons. The van der Waals surface area contributed by atoms with Crippen LogP contribution in [0.15, 0.2) is 58.9 Å². The highest BCUT2D eigenvalue weighted by atomic mass is 32.2. The topological polar surface area (TPSA) is 80.3 Å². The van der Waals surface area contributed by atoms with Crippen molar-refractivity contribution in [3.8, 4) is 5.75 Å². The summed E-state index contributed by atoms with van der Waals surface area (Å²) in [6, 6.07) is 14.5. The van der Waals surface area contributed by atoms with Crippen LogP contribution in [0, 0.1) is 6.92 Å². The fourth-order valence-corrected chi connectivity index (χ4v) is 4.64. The molecule has 8 heteroatoms. The molecule has 0 unspecified atom stereocenters. The van der Waals surface area contributed by atoms with Gasteiger partial charge in [-0.05, 0) is 37.3 Å². The van der Waals surface area contributed by atoms with Crippen molar-refractivity contribution < 1.29 is 13.2 Å². The largest absolute Gasteiger partial charge is 0.496 e. The Kier molecular flexibility index (Phi) is 5.43. The van der Waals surface area contributed by atoms with E-state index in [4.69, 9.17) is 4.74 Å². The predicted molar refractivity (Wildman–Crippen MR) is 104 cm³/mol. The number of benzene rings is 1. The van der Waals surface area contributed by atoms with Crippen molar-refractivity contribution in [1.82, 2.24) is 4.98 Å². The van der Waals surface area contributed by atoms with Gasteiger partial charge in [0.25, 0.3) is 10.0 Å². The molecule has 3 aromatic rings. The van der Waals surface area contributed by atoms with Gasteiger partial charge < -0.3 is 10.1 Å². The lowest BCUT2D eigenvalue weighted by Gasteiger charge is -2.11. The summed E-state index contributed by atoms with van der Waals surface area (Å²) in [5, 5.41) is 3.24. The van der Waals surface area contributed by atoms with Crippen LogP contribution in [-0.4, -0.2) is 20.5 Å². The SMILES string of the molecule is COc1ccccc1CNc1ccc(NS(=O)(=O)c2ccc(C)s2)nc1. The molecule has 26 heavy (non-hydrogen) atoms.